The third-order valence-electron chi connectivity index (χ3n) is 3.15. The van der Waals surface area contributed by atoms with Gasteiger partial charge in [0.25, 0.3) is 15.8 Å². The van der Waals surface area contributed by atoms with Gasteiger partial charge in [-0.2, -0.15) is 8.42 Å². The minimum Gasteiger partial charge on any atom is -0.494 e. The Bertz CT molecular complexity index is 570. The number of benzene rings is 1. The van der Waals surface area contributed by atoms with Gasteiger partial charge in [0.05, 0.1) is 24.4 Å². The molecule has 0 spiro atoms. The normalized spacial score (nSPS) is 11.3. The molecular weight excluding hydrogens is 322 g/mol. The number of nitrogens with zero attached hydrogens (tertiary/aromatic N) is 1. The van der Waals surface area contributed by atoms with E-state index >= 15 is 0 Å². The largest absolute Gasteiger partial charge is 0.494 e. The van der Waals surface area contributed by atoms with Crippen LogP contribution in [-0.4, -0.2) is 32.8 Å². The second kappa shape index (κ2) is 10.2. The summed E-state index contributed by atoms with van der Waals surface area (Å²) in [5, 5.41) is 10.5. The van der Waals surface area contributed by atoms with Crippen molar-refractivity contribution in [1.29, 1.82) is 0 Å². The van der Waals surface area contributed by atoms with Crippen LogP contribution in [0.3, 0.4) is 0 Å². The van der Waals surface area contributed by atoms with Crippen molar-refractivity contribution in [3.8, 4) is 5.75 Å². The summed E-state index contributed by atoms with van der Waals surface area (Å²) in [4.78, 5) is 10.1. The van der Waals surface area contributed by atoms with Crippen molar-refractivity contribution in [2.75, 3.05) is 19.5 Å². The lowest BCUT2D eigenvalue weighted by Crippen LogP contribution is -2.03. The number of rotatable bonds is 12. The van der Waals surface area contributed by atoms with Gasteiger partial charge in [0, 0.05) is 12.1 Å². The van der Waals surface area contributed by atoms with Crippen molar-refractivity contribution in [3.63, 3.8) is 0 Å². The van der Waals surface area contributed by atoms with E-state index in [4.69, 9.17) is 4.74 Å². The average molecular weight is 345 g/mol. The highest BCUT2D eigenvalue weighted by atomic mass is 32.2. The van der Waals surface area contributed by atoms with Crippen LogP contribution in [0.2, 0.25) is 0 Å². The zero-order valence-electron chi connectivity index (χ0n) is 13.3. The molecule has 8 heteroatoms. The van der Waals surface area contributed by atoms with Crippen molar-refractivity contribution in [2.45, 2.75) is 38.5 Å². The fourth-order valence-corrected chi connectivity index (χ4v) is 2.40. The molecule has 0 fully saturated rings. The molecule has 0 heterocycles. The van der Waals surface area contributed by atoms with E-state index in [1.165, 1.54) is 12.1 Å². The van der Waals surface area contributed by atoms with Gasteiger partial charge in [-0.25, -0.2) is 0 Å². The van der Waals surface area contributed by atoms with E-state index in [0.29, 0.717) is 12.4 Å². The average Bonchev–Trinajstić information content (AvgIpc) is 2.48. The summed E-state index contributed by atoms with van der Waals surface area (Å²) < 4.78 is 31.6. The Balaban J connectivity index is 1.98. The highest BCUT2D eigenvalue weighted by Gasteiger charge is 2.04. The maximum absolute atomic E-state index is 10.7. The second-order valence-electron chi connectivity index (χ2n) is 5.25. The van der Waals surface area contributed by atoms with Gasteiger partial charge in [-0.3, -0.25) is 14.3 Å². The molecule has 0 atom stereocenters. The molecule has 1 aromatic carbocycles. The lowest BCUT2D eigenvalue weighted by Gasteiger charge is -2.06. The smallest absolute Gasteiger partial charge is 0.269 e. The molecule has 0 aromatic heterocycles. The molecule has 0 aliphatic carbocycles. The van der Waals surface area contributed by atoms with Crippen LogP contribution in [0.25, 0.3) is 0 Å². The van der Waals surface area contributed by atoms with Crippen LogP contribution < -0.4 is 4.74 Å². The number of hydrogen-bond acceptors (Lipinski definition) is 6. The van der Waals surface area contributed by atoms with Gasteiger partial charge in [-0.05, 0) is 25.0 Å². The fourth-order valence-electron chi connectivity index (χ4n) is 1.98. The molecule has 23 heavy (non-hydrogen) atoms. The first-order chi connectivity index (χ1) is 10.9. The molecule has 0 amide bonds. The third-order valence-corrected chi connectivity index (χ3v) is 3.75. The zero-order valence-corrected chi connectivity index (χ0v) is 14.1. The van der Waals surface area contributed by atoms with E-state index in [1.807, 2.05) is 0 Å². The Morgan fingerprint density at radius 2 is 1.48 bits per heavy atom. The highest BCUT2D eigenvalue weighted by molar-refractivity contribution is 7.85. The van der Waals surface area contributed by atoms with E-state index in [2.05, 4.69) is 4.18 Å². The molecule has 1 rings (SSSR count). The molecule has 7 nitrogen and oxygen atoms in total. The molecule has 0 aliphatic heterocycles. The van der Waals surface area contributed by atoms with Gasteiger partial charge >= 0.3 is 0 Å². The van der Waals surface area contributed by atoms with Gasteiger partial charge in [-0.15, -0.1) is 0 Å². The molecule has 0 saturated heterocycles. The first kappa shape index (κ1) is 19.4. The summed E-state index contributed by atoms with van der Waals surface area (Å²) in [6.45, 7) is 0.830. The Morgan fingerprint density at radius 3 is 2.00 bits per heavy atom. The summed E-state index contributed by atoms with van der Waals surface area (Å²) in [6, 6.07) is 6.04. The number of non-ortho nitro benzene ring substituents is 1. The topological polar surface area (TPSA) is 95.7 Å². The number of unbranched alkanes of at least 4 members (excludes halogenated alkanes) is 5. The van der Waals surface area contributed by atoms with Crippen molar-refractivity contribution in [3.05, 3.63) is 34.4 Å². The number of nitro benzene ring substituents is 1. The van der Waals surface area contributed by atoms with Crippen molar-refractivity contribution in [1.82, 2.24) is 0 Å². The summed E-state index contributed by atoms with van der Waals surface area (Å²) in [6.07, 6.45) is 6.77. The van der Waals surface area contributed by atoms with Gasteiger partial charge in [0.2, 0.25) is 0 Å². The van der Waals surface area contributed by atoms with Crippen LogP contribution in [0.4, 0.5) is 5.69 Å². The van der Waals surface area contributed by atoms with Crippen LogP contribution in [0.15, 0.2) is 24.3 Å². The first-order valence-corrected chi connectivity index (χ1v) is 9.42. The second-order valence-corrected chi connectivity index (χ2v) is 6.89. The predicted molar refractivity (Wildman–Crippen MR) is 87.1 cm³/mol. The quantitative estimate of drug-likeness (QED) is 0.250. The Kier molecular flexibility index (Phi) is 8.57. The maximum Gasteiger partial charge on any atom is 0.269 e. The minimum atomic E-state index is -3.32. The lowest BCUT2D eigenvalue weighted by molar-refractivity contribution is -0.384. The fraction of sp³-hybridized carbons (Fsp3) is 0.600. The Labute approximate surface area is 136 Å². The van der Waals surface area contributed by atoms with E-state index in [-0.39, 0.29) is 12.3 Å². The van der Waals surface area contributed by atoms with Gasteiger partial charge in [0.15, 0.2) is 0 Å². The van der Waals surface area contributed by atoms with E-state index in [1.54, 1.807) is 12.1 Å². The zero-order chi connectivity index (χ0) is 17.1. The van der Waals surface area contributed by atoms with Gasteiger partial charge in [0.1, 0.15) is 5.75 Å². The van der Waals surface area contributed by atoms with Crippen LogP contribution in [0.1, 0.15) is 38.5 Å². The molecular formula is C15H23NO6S. The molecule has 130 valence electrons. The first-order valence-electron chi connectivity index (χ1n) is 7.60. The van der Waals surface area contributed by atoms with Crippen LogP contribution in [0, 0.1) is 10.1 Å². The molecule has 0 radical (unpaired) electrons. The van der Waals surface area contributed by atoms with Crippen LogP contribution in [0.5, 0.6) is 5.75 Å². The monoisotopic (exact) mass is 345 g/mol. The lowest BCUT2D eigenvalue weighted by atomic mass is 10.1. The van der Waals surface area contributed by atoms with Crippen LogP contribution in [-0.2, 0) is 14.3 Å². The Morgan fingerprint density at radius 1 is 0.957 bits per heavy atom. The molecule has 0 N–H and O–H groups in total. The van der Waals surface area contributed by atoms with E-state index in [9.17, 15) is 18.5 Å². The highest BCUT2D eigenvalue weighted by Crippen LogP contribution is 2.17. The van der Waals surface area contributed by atoms with Crippen molar-refractivity contribution in [2.24, 2.45) is 0 Å². The molecule has 0 bridgehead atoms. The summed E-state index contributed by atoms with van der Waals surface area (Å²) in [5.74, 6) is 0.633. The van der Waals surface area contributed by atoms with Crippen LogP contribution >= 0.6 is 0 Å². The molecule has 1 aromatic rings. The summed E-state index contributed by atoms with van der Waals surface area (Å²) >= 11 is 0. The van der Waals surface area contributed by atoms with E-state index in [0.717, 1.165) is 44.8 Å². The SMILES string of the molecule is CS(=O)(=O)OCCCCCCCCOc1ccc([N+](=O)[O-])cc1. The molecule has 0 saturated carbocycles. The van der Waals surface area contributed by atoms with E-state index < -0.39 is 15.0 Å². The summed E-state index contributed by atoms with van der Waals surface area (Å²) in [5.41, 5.74) is 0.0530. The van der Waals surface area contributed by atoms with Crippen molar-refractivity contribution >= 4 is 15.8 Å². The van der Waals surface area contributed by atoms with Gasteiger partial charge < -0.3 is 4.74 Å². The number of nitro groups is 1. The minimum absolute atomic E-state index is 0.0530. The number of hydrogen-bond donors (Lipinski definition) is 0. The number of ether oxygens (including phenoxy) is 1. The standard InChI is InChI=1S/C15H23NO6S/c1-23(19,20)22-13-7-5-3-2-4-6-12-21-15-10-8-14(9-11-15)16(17)18/h8-11H,2-7,12-13H2,1H3. The predicted octanol–water partition coefficient (Wildman–Crippen LogP) is 3.29. The third kappa shape index (κ3) is 9.85. The molecule has 0 aliphatic rings. The maximum atomic E-state index is 10.7. The Hall–Kier alpha value is -1.67. The summed E-state index contributed by atoms with van der Waals surface area (Å²) in [7, 11) is -3.32. The van der Waals surface area contributed by atoms with Gasteiger partial charge in [-0.1, -0.05) is 25.7 Å². The molecule has 0 unspecified atom stereocenters. The van der Waals surface area contributed by atoms with Crippen molar-refractivity contribution < 1.29 is 22.3 Å².